The predicted octanol–water partition coefficient (Wildman–Crippen LogP) is 1.31. The SMILES string of the molecule is O[SiH2]C1C2CC3CC(C2)CC1C3. The van der Waals surface area contributed by atoms with E-state index in [0.717, 1.165) is 29.2 Å². The molecular formula is C10H18OSi. The summed E-state index contributed by atoms with van der Waals surface area (Å²) in [5.41, 5.74) is 0.831. The molecule has 0 aromatic heterocycles. The topological polar surface area (TPSA) is 20.2 Å². The van der Waals surface area contributed by atoms with Crippen molar-refractivity contribution in [2.45, 2.75) is 37.6 Å². The van der Waals surface area contributed by atoms with Gasteiger partial charge in [-0.1, -0.05) is 0 Å². The summed E-state index contributed by atoms with van der Waals surface area (Å²) < 4.78 is 0. The lowest BCUT2D eigenvalue weighted by atomic mass is 9.56. The Bertz CT molecular complexity index is 164. The van der Waals surface area contributed by atoms with Crippen LogP contribution in [-0.2, 0) is 0 Å². The van der Waals surface area contributed by atoms with Crippen LogP contribution in [-0.4, -0.2) is 14.6 Å². The Labute approximate surface area is 76.5 Å². The van der Waals surface area contributed by atoms with Crippen LogP contribution in [0.4, 0.5) is 0 Å². The monoisotopic (exact) mass is 182 g/mol. The molecule has 4 fully saturated rings. The minimum absolute atomic E-state index is 0.689. The van der Waals surface area contributed by atoms with E-state index in [1.165, 1.54) is 32.1 Å². The van der Waals surface area contributed by atoms with Gasteiger partial charge in [0.25, 0.3) is 0 Å². The van der Waals surface area contributed by atoms with Crippen LogP contribution < -0.4 is 0 Å². The second-order valence-electron chi connectivity index (χ2n) is 5.28. The highest BCUT2D eigenvalue weighted by Gasteiger charge is 2.47. The molecule has 4 bridgehead atoms. The van der Waals surface area contributed by atoms with Crippen LogP contribution in [0.25, 0.3) is 0 Å². The lowest BCUT2D eigenvalue weighted by molar-refractivity contribution is 0.0171. The Kier molecular flexibility index (Phi) is 1.63. The second kappa shape index (κ2) is 2.58. The Balaban J connectivity index is 1.86. The molecule has 0 saturated heterocycles. The molecule has 0 aliphatic heterocycles. The first-order chi connectivity index (χ1) is 5.86. The third kappa shape index (κ3) is 0.941. The second-order valence-corrected chi connectivity index (χ2v) is 6.59. The Hall–Kier alpha value is 0.177. The lowest BCUT2D eigenvalue weighted by Crippen LogP contribution is -2.44. The van der Waals surface area contributed by atoms with Crippen molar-refractivity contribution in [2.24, 2.45) is 23.7 Å². The number of hydrogen-bond acceptors (Lipinski definition) is 1. The van der Waals surface area contributed by atoms with E-state index in [4.69, 9.17) is 0 Å². The standard InChI is InChI=1S/C10H18OSi/c11-12-10-8-2-6-1-7(4-8)5-9(10)3-6/h6-11H,1-5,12H2. The van der Waals surface area contributed by atoms with E-state index in [1.54, 1.807) is 0 Å². The van der Waals surface area contributed by atoms with Crippen LogP contribution in [0, 0.1) is 23.7 Å². The van der Waals surface area contributed by atoms with Crippen molar-refractivity contribution in [3.63, 3.8) is 0 Å². The van der Waals surface area contributed by atoms with E-state index in [0.29, 0.717) is 0 Å². The van der Waals surface area contributed by atoms with Gasteiger partial charge in [-0.2, -0.15) is 0 Å². The largest absolute Gasteiger partial charge is 0.438 e. The predicted molar refractivity (Wildman–Crippen MR) is 51.6 cm³/mol. The highest BCUT2D eigenvalue weighted by atomic mass is 28.2. The molecule has 4 saturated carbocycles. The first kappa shape index (κ1) is 7.57. The van der Waals surface area contributed by atoms with Crippen molar-refractivity contribution in [3.05, 3.63) is 0 Å². The fourth-order valence-electron chi connectivity index (χ4n) is 4.34. The van der Waals surface area contributed by atoms with Crippen LogP contribution in [0.5, 0.6) is 0 Å². The first-order valence-electron chi connectivity index (χ1n) is 5.47. The molecule has 2 heteroatoms. The van der Waals surface area contributed by atoms with Gasteiger partial charge in [0.2, 0.25) is 0 Å². The molecule has 0 atom stereocenters. The first-order valence-corrected chi connectivity index (χ1v) is 6.92. The maximum absolute atomic E-state index is 9.44. The average Bonchev–Trinajstić information content (AvgIpc) is 2.02. The smallest absolute Gasteiger partial charge is 0.160 e. The molecule has 1 nitrogen and oxygen atoms in total. The molecule has 0 aromatic rings. The fraction of sp³-hybridized carbons (Fsp3) is 1.00. The Morgan fingerprint density at radius 2 is 1.33 bits per heavy atom. The molecule has 0 heterocycles. The minimum atomic E-state index is -0.689. The highest BCUT2D eigenvalue weighted by molar-refractivity contribution is 6.28. The van der Waals surface area contributed by atoms with E-state index in [9.17, 15) is 4.80 Å². The summed E-state index contributed by atoms with van der Waals surface area (Å²) in [5, 5.41) is 0. The van der Waals surface area contributed by atoms with Gasteiger partial charge in [-0.05, 0) is 61.3 Å². The summed E-state index contributed by atoms with van der Waals surface area (Å²) in [5.74, 6) is 4.09. The van der Waals surface area contributed by atoms with Crippen molar-refractivity contribution in [1.29, 1.82) is 0 Å². The minimum Gasteiger partial charge on any atom is -0.438 e. The molecule has 1 N–H and O–H groups in total. The molecule has 12 heavy (non-hydrogen) atoms. The zero-order valence-electron chi connectivity index (χ0n) is 7.58. The number of rotatable bonds is 1. The zero-order chi connectivity index (χ0) is 8.13. The summed E-state index contributed by atoms with van der Waals surface area (Å²) in [6.45, 7) is 0. The van der Waals surface area contributed by atoms with Crippen molar-refractivity contribution in [3.8, 4) is 0 Å². The molecule has 0 radical (unpaired) electrons. The van der Waals surface area contributed by atoms with Gasteiger partial charge in [0.15, 0.2) is 9.76 Å². The fourth-order valence-corrected chi connectivity index (χ4v) is 5.70. The maximum Gasteiger partial charge on any atom is 0.160 e. The van der Waals surface area contributed by atoms with Crippen molar-refractivity contribution in [2.75, 3.05) is 0 Å². The van der Waals surface area contributed by atoms with Gasteiger partial charge < -0.3 is 4.80 Å². The molecule has 0 spiro atoms. The molecule has 0 unspecified atom stereocenters. The van der Waals surface area contributed by atoms with Crippen LogP contribution in [0.1, 0.15) is 32.1 Å². The molecule has 68 valence electrons. The Morgan fingerprint density at radius 1 is 0.833 bits per heavy atom. The van der Waals surface area contributed by atoms with Gasteiger partial charge in [0.1, 0.15) is 0 Å². The molecule has 0 aromatic carbocycles. The number of hydrogen-bond donors (Lipinski definition) is 1. The maximum atomic E-state index is 9.44. The van der Waals surface area contributed by atoms with Crippen molar-refractivity contribution < 1.29 is 4.80 Å². The average molecular weight is 182 g/mol. The van der Waals surface area contributed by atoms with Crippen molar-refractivity contribution in [1.82, 2.24) is 0 Å². The van der Waals surface area contributed by atoms with Gasteiger partial charge in [-0.3, -0.25) is 0 Å². The van der Waals surface area contributed by atoms with Crippen LogP contribution in [0.3, 0.4) is 0 Å². The van der Waals surface area contributed by atoms with Crippen LogP contribution >= 0.6 is 0 Å². The summed E-state index contributed by atoms with van der Waals surface area (Å²) in [7, 11) is -0.689. The molecule has 4 aliphatic rings. The van der Waals surface area contributed by atoms with Gasteiger partial charge in [-0.15, -0.1) is 0 Å². The lowest BCUT2D eigenvalue weighted by Gasteiger charge is -2.54. The van der Waals surface area contributed by atoms with Gasteiger partial charge in [0.05, 0.1) is 0 Å². The van der Waals surface area contributed by atoms with Gasteiger partial charge >= 0.3 is 0 Å². The molecule has 0 amide bonds. The molecule has 4 aliphatic carbocycles. The van der Waals surface area contributed by atoms with E-state index in [1.807, 2.05) is 0 Å². The van der Waals surface area contributed by atoms with E-state index in [-0.39, 0.29) is 0 Å². The summed E-state index contributed by atoms with van der Waals surface area (Å²) >= 11 is 0. The molecular weight excluding hydrogens is 164 g/mol. The third-order valence-electron chi connectivity index (χ3n) is 4.63. The quantitative estimate of drug-likeness (QED) is 0.606. The van der Waals surface area contributed by atoms with Gasteiger partial charge in [0, 0.05) is 0 Å². The Morgan fingerprint density at radius 3 is 1.75 bits per heavy atom. The third-order valence-corrected chi connectivity index (χ3v) is 6.39. The van der Waals surface area contributed by atoms with Gasteiger partial charge in [-0.25, -0.2) is 0 Å². The summed E-state index contributed by atoms with van der Waals surface area (Å²) in [6, 6.07) is 0. The van der Waals surface area contributed by atoms with E-state index in [2.05, 4.69) is 0 Å². The normalized spacial score (nSPS) is 57.2. The van der Waals surface area contributed by atoms with Crippen LogP contribution in [0.15, 0.2) is 0 Å². The van der Waals surface area contributed by atoms with E-state index >= 15 is 0 Å². The summed E-state index contributed by atoms with van der Waals surface area (Å²) in [6.07, 6.45) is 7.44. The van der Waals surface area contributed by atoms with E-state index < -0.39 is 9.76 Å². The van der Waals surface area contributed by atoms with Crippen LogP contribution in [0.2, 0.25) is 5.54 Å². The van der Waals surface area contributed by atoms with Crippen molar-refractivity contribution >= 4 is 9.76 Å². The highest BCUT2D eigenvalue weighted by Crippen LogP contribution is 2.58. The summed E-state index contributed by atoms with van der Waals surface area (Å²) in [4.78, 5) is 9.44. The zero-order valence-corrected chi connectivity index (χ0v) is 8.99. The molecule has 4 rings (SSSR count).